The Morgan fingerprint density at radius 3 is 2.19 bits per heavy atom. The maximum atomic E-state index is 13.8. The van der Waals surface area contributed by atoms with Crippen molar-refractivity contribution in [3.63, 3.8) is 0 Å². The van der Waals surface area contributed by atoms with E-state index in [0.717, 1.165) is 75.7 Å². The molecule has 0 bridgehead atoms. The zero-order chi connectivity index (χ0) is 25.8. The molecular formula is C31H40N4O2. The number of carbonyl (C=O) groups excluding carboxylic acids is 1. The lowest BCUT2D eigenvalue weighted by Crippen LogP contribution is -2.45. The number of piperidine rings is 1. The lowest BCUT2D eigenvalue weighted by Gasteiger charge is -2.32. The second-order valence-corrected chi connectivity index (χ2v) is 10.6. The van der Waals surface area contributed by atoms with Crippen molar-refractivity contribution in [2.75, 3.05) is 44.3 Å². The molecule has 0 atom stereocenters. The number of nitrogens with one attached hydrogen (secondary N) is 1. The third-order valence-corrected chi connectivity index (χ3v) is 7.90. The van der Waals surface area contributed by atoms with Crippen LogP contribution in [0, 0.1) is 20.8 Å². The van der Waals surface area contributed by atoms with E-state index in [1.165, 1.54) is 22.4 Å². The molecule has 37 heavy (non-hydrogen) atoms. The molecule has 2 saturated heterocycles. The first kappa shape index (κ1) is 25.6. The van der Waals surface area contributed by atoms with Crippen molar-refractivity contribution in [3.05, 3.63) is 88.2 Å². The topological polar surface area (TPSA) is 49.7 Å². The smallest absolute Gasteiger partial charge is 0.268 e. The number of benzene rings is 2. The number of likely N-dealkylation sites (tertiary alicyclic amines) is 1. The van der Waals surface area contributed by atoms with Gasteiger partial charge >= 0.3 is 0 Å². The molecule has 2 aromatic carbocycles. The molecule has 1 aromatic heterocycles. The van der Waals surface area contributed by atoms with Crippen molar-refractivity contribution in [1.29, 1.82) is 0 Å². The number of hydrogen-bond acceptors (Lipinski definition) is 4. The quantitative estimate of drug-likeness (QED) is 0.511. The van der Waals surface area contributed by atoms with Gasteiger partial charge in [0.15, 0.2) is 0 Å². The molecule has 1 N–H and O–H groups in total. The number of aromatic nitrogens is 1. The maximum Gasteiger partial charge on any atom is 0.268 e. The summed E-state index contributed by atoms with van der Waals surface area (Å²) in [6.07, 6.45) is 1.96. The van der Waals surface area contributed by atoms with Gasteiger partial charge in [-0.25, -0.2) is 0 Å². The Kier molecular flexibility index (Phi) is 7.96. The van der Waals surface area contributed by atoms with E-state index in [4.69, 9.17) is 4.74 Å². The number of anilines is 1. The summed E-state index contributed by atoms with van der Waals surface area (Å²) in [6, 6.07) is 19.5. The van der Waals surface area contributed by atoms with E-state index in [-0.39, 0.29) is 11.9 Å². The van der Waals surface area contributed by atoms with E-state index >= 15 is 0 Å². The first-order valence-electron chi connectivity index (χ1n) is 13.6. The van der Waals surface area contributed by atoms with E-state index in [2.05, 4.69) is 95.1 Å². The Morgan fingerprint density at radius 2 is 1.51 bits per heavy atom. The van der Waals surface area contributed by atoms with Crippen LogP contribution >= 0.6 is 0 Å². The van der Waals surface area contributed by atoms with E-state index in [0.29, 0.717) is 6.54 Å². The fraction of sp³-hybridized carbons (Fsp3) is 0.452. The van der Waals surface area contributed by atoms with Gasteiger partial charge in [0.1, 0.15) is 5.69 Å². The van der Waals surface area contributed by atoms with Crippen molar-refractivity contribution in [1.82, 2.24) is 14.8 Å². The summed E-state index contributed by atoms with van der Waals surface area (Å²) in [5.74, 6) is 0.0498. The van der Waals surface area contributed by atoms with Gasteiger partial charge in [-0.3, -0.25) is 9.69 Å². The molecule has 3 heterocycles. The number of carbonyl (C=O) groups is 1. The zero-order valence-corrected chi connectivity index (χ0v) is 22.5. The molecule has 0 saturated carbocycles. The van der Waals surface area contributed by atoms with E-state index in [1.807, 2.05) is 0 Å². The third-order valence-electron chi connectivity index (χ3n) is 7.90. The van der Waals surface area contributed by atoms with Crippen LogP contribution in [0.1, 0.15) is 51.3 Å². The summed E-state index contributed by atoms with van der Waals surface area (Å²) in [7, 11) is 0. The molecule has 2 aliphatic heterocycles. The van der Waals surface area contributed by atoms with Gasteiger partial charge in [-0.2, -0.15) is 0 Å². The van der Waals surface area contributed by atoms with Gasteiger partial charge in [0.25, 0.3) is 5.91 Å². The summed E-state index contributed by atoms with van der Waals surface area (Å²) < 4.78 is 7.83. The van der Waals surface area contributed by atoms with Crippen LogP contribution in [0.2, 0.25) is 0 Å². The molecule has 0 spiro atoms. The van der Waals surface area contributed by atoms with Gasteiger partial charge in [-0.1, -0.05) is 60.2 Å². The number of morpholine rings is 1. The fourth-order valence-corrected chi connectivity index (χ4v) is 5.83. The molecule has 1 amide bonds. The average molecular weight is 501 g/mol. The van der Waals surface area contributed by atoms with Gasteiger partial charge in [0.05, 0.1) is 18.9 Å². The van der Waals surface area contributed by atoms with Crippen LogP contribution in [0.4, 0.5) is 5.69 Å². The van der Waals surface area contributed by atoms with Gasteiger partial charge in [-0.05, 0) is 44.7 Å². The Labute approximate surface area is 221 Å². The number of ether oxygens (including phenoxy) is 1. The van der Waals surface area contributed by atoms with Crippen LogP contribution in [-0.2, 0) is 17.8 Å². The number of nitrogens with zero attached hydrogens (tertiary/aromatic N) is 3. The van der Waals surface area contributed by atoms with E-state index in [1.54, 1.807) is 0 Å². The molecule has 6 heteroatoms. The minimum Gasteiger partial charge on any atom is -0.378 e. The first-order chi connectivity index (χ1) is 18.0. The molecule has 0 unspecified atom stereocenters. The van der Waals surface area contributed by atoms with Crippen molar-refractivity contribution < 1.29 is 9.53 Å². The van der Waals surface area contributed by atoms with Gasteiger partial charge in [-0.15, -0.1) is 0 Å². The lowest BCUT2D eigenvalue weighted by atomic mass is 10.0. The Balaban J connectivity index is 1.33. The minimum absolute atomic E-state index is 0.0498. The average Bonchev–Trinajstić information content (AvgIpc) is 3.16. The molecule has 6 nitrogen and oxygen atoms in total. The summed E-state index contributed by atoms with van der Waals surface area (Å²) in [5.41, 5.74) is 8.02. The predicted octanol–water partition coefficient (Wildman–Crippen LogP) is 4.69. The summed E-state index contributed by atoms with van der Waals surface area (Å²) in [6.45, 7) is 13.2. The van der Waals surface area contributed by atoms with Crippen LogP contribution < -0.4 is 10.2 Å². The molecule has 196 valence electrons. The summed E-state index contributed by atoms with van der Waals surface area (Å²) >= 11 is 0. The standard InChI is InChI=1S/C31H40N4O2/c1-23-9-11-27(12-10-23)22-35-25(3)29(34-17-19-37-20-18-34)24(2)30(35)31(36)32-28-13-15-33(16-14-28)21-26-7-5-4-6-8-26/h4-12,28H,13-22H2,1-3H3,(H,32,36). The second kappa shape index (κ2) is 11.5. The highest BCUT2D eigenvalue weighted by atomic mass is 16.5. The highest BCUT2D eigenvalue weighted by Crippen LogP contribution is 2.32. The van der Waals surface area contributed by atoms with E-state index in [9.17, 15) is 4.79 Å². The highest BCUT2D eigenvalue weighted by molar-refractivity contribution is 5.97. The summed E-state index contributed by atoms with van der Waals surface area (Å²) in [4.78, 5) is 18.7. The zero-order valence-electron chi connectivity index (χ0n) is 22.5. The third kappa shape index (κ3) is 5.91. The molecule has 0 radical (unpaired) electrons. The largest absolute Gasteiger partial charge is 0.378 e. The van der Waals surface area contributed by atoms with Crippen LogP contribution in [0.5, 0.6) is 0 Å². The van der Waals surface area contributed by atoms with Gasteiger partial charge < -0.3 is 19.5 Å². The molecular weight excluding hydrogens is 460 g/mol. The molecule has 5 rings (SSSR count). The van der Waals surface area contributed by atoms with Crippen molar-refractivity contribution in [2.45, 2.75) is 52.7 Å². The number of hydrogen-bond donors (Lipinski definition) is 1. The second-order valence-electron chi connectivity index (χ2n) is 10.6. The Bertz CT molecular complexity index is 1190. The predicted molar refractivity (Wildman–Crippen MR) is 149 cm³/mol. The number of amides is 1. The van der Waals surface area contributed by atoms with Crippen molar-refractivity contribution in [3.8, 4) is 0 Å². The van der Waals surface area contributed by atoms with Crippen LogP contribution in [-0.4, -0.2) is 60.8 Å². The van der Waals surface area contributed by atoms with Crippen LogP contribution in [0.15, 0.2) is 54.6 Å². The molecule has 2 fully saturated rings. The normalized spacial score (nSPS) is 17.2. The number of aryl methyl sites for hydroxylation is 1. The highest BCUT2D eigenvalue weighted by Gasteiger charge is 2.29. The molecule has 0 aliphatic carbocycles. The Morgan fingerprint density at radius 1 is 0.865 bits per heavy atom. The molecule has 3 aromatic rings. The van der Waals surface area contributed by atoms with Crippen LogP contribution in [0.3, 0.4) is 0 Å². The van der Waals surface area contributed by atoms with Gasteiger partial charge in [0, 0.05) is 56.6 Å². The monoisotopic (exact) mass is 500 g/mol. The maximum absolute atomic E-state index is 13.8. The first-order valence-corrected chi connectivity index (χ1v) is 13.6. The minimum atomic E-state index is 0.0498. The van der Waals surface area contributed by atoms with Crippen molar-refractivity contribution in [2.24, 2.45) is 0 Å². The number of rotatable bonds is 7. The van der Waals surface area contributed by atoms with E-state index < -0.39 is 0 Å². The fourth-order valence-electron chi connectivity index (χ4n) is 5.83. The Hall–Kier alpha value is -3.09. The summed E-state index contributed by atoms with van der Waals surface area (Å²) in [5, 5.41) is 3.41. The molecule has 2 aliphatic rings. The SMILES string of the molecule is Cc1ccc(Cn2c(C)c(N3CCOCC3)c(C)c2C(=O)NC2CCN(Cc3ccccc3)CC2)cc1. The van der Waals surface area contributed by atoms with Crippen molar-refractivity contribution >= 4 is 11.6 Å². The lowest BCUT2D eigenvalue weighted by molar-refractivity contribution is 0.0899. The van der Waals surface area contributed by atoms with Gasteiger partial charge in [0.2, 0.25) is 0 Å². The van der Waals surface area contributed by atoms with Crippen LogP contribution in [0.25, 0.3) is 0 Å².